The van der Waals surface area contributed by atoms with E-state index >= 15 is 0 Å². The molecule has 0 amide bonds. The molecule has 0 aliphatic carbocycles. The number of benzene rings is 2. The van der Waals surface area contributed by atoms with Crippen molar-refractivity contribution < 1.29 is 9.15 Å². The van der Waals surface area contributed by atoms with Crippen molar-refractivity contribution in [2.75, 3.05) is 0 Å². The molecule has 5 heteroatoms. The number of ether oxygens (including phenoxy) is 1. The minimum Gasteiger partial charge on any atom is -0.456 e. The number of rotatable bonds is 2. The van der Waals surface area contributed by atoms with Crippen LogP contribution in [0.1, 0.15) is 0 Å². The highest BCUT2D eigenvalue weighted by Gasteiger charge is 2.09. The molecule has 0 bridgehead atoms. The van der Waals surface area contributed by atoms with E-state index in [1.54, 1.807) is 12.1 Å². The van der Waals surface area contributed by atoms with Crippen LogP contribution in [0.25, 0.3) is 11.1 Å². The van der Waals surface area contributed by atoms with Crippen molar-refractivity contribution in [3.8, 4) is 11.5 Å². The van der Waals surface area contributed by atoms with Crippen LogP contribution in [0.2, 0.25) is 5.02 Å². The number of fused-ring (bicyclic) bond motifs is 1. The van der Waals surface area contributed by atoms with Crippen LogP contribution >= 0.6 is 11.6 Å². The molecule has 0 aliphatic rings. The van der Waals surface area contributed by atoms with Gasteiger partial charge >= 0.3 is 5.76 Å². The number of hydrogen-bond donors (Lipinski definition) is 1. The third-order valence-corrected chi connectivity index (χ3v) is 2.74. The summed E-state index contributed by atoms with van der Waals surface area (Å²) in [4.78, 5) is 13.6. The standard InChI is InChI=1S/C13H8ClNO3/c14-9-6-10-12(18-13(16)15-10)7-11(9)17-8-4-2-1-3-5-8/h1-7H,(H,15,16). The van der Waals surface area contributed by atoms with Crippen LogP contribution in [0.15, 0.2) is 51.7 Å². The minimum atomic E-state index is -0.516. The van der Waals surface area contributed by atoms with E-state index in [-0.39, 0.29) is 0 Å². The molecule has 90 valence electrons. The third-order valence-electron chi connectivity index (χ3n) is 2.44. The SMILES string of the molecule is O=c1[nH]c2cc(Cl)c(Oc3ccccc3)cc2o1. The van der Waals surface area contributed by atoms with Crippen LogP contribution in [0, 0.1) is 0 Å². The summed E-state index contributed by atoms with van der Waals surface area (Å²) in [5.41, 5.74) is 0.959. The lowest BCUT2D eigenvalue weighted by molar-refractivity contribution is 0.481. The van der Waals surface area contributed by atoms with Crippen molar-refractivity contribution in [3.63, 3.8) is 0 Å². The summed E-state index contributed by atoms with van der Waals surface area (Å²) >= 11 is 6.07. The molecular weight excluding hydrogens is 254 g/mol. The first kappa shape index (κ1) is 10.9. The van der Waals surface area contributed by atoms with Crippen molar-refractivity contribution >= 4 is 22.7 Å². The smallest absolute Gasteiger partial charge is 0.417 e. The Kier molecular flexibility index (Phi) is 2.57. The molecule has 2 aromatic carbocycles. The second-order valence-corrected chi connectivity index (χ2v) is 4.12. The molecule has 1 N–H and O–H groups in total. The predicted molar refractivity (Wildman–Crippen MR) is 68.4 cm³/mol. The first-order valence-electron chi connectivity index (χ1n) is 5.27. The zero-order chi connectivity index (χ0) is 12.5. The second-order valence-electron chi connectivity index (χ2n) is 3.71. The molecule has 0 unspecified atom stereocenters. The fourth-order valence-corrected chi connectivity index (χ4v) is 1.85. The van der Waals surface area contributed by atoms with Gasteiger partial charge in [-0.15, -0.1) is 0 Å². The molecule has 0 saturated heterocycles. The first-order valence-corrected chi connectivity index (χ1v) is 5.65. The number of hydrogen-bond acceptors (Lipinski definition) is 3. The maximum absolute atomic E-state index is 11.1. The number of aromatic nitrogens is 1. The van der Waals surface area contributed by atoms with E-state index in [9.17, 15) is 4.79 Å². The van der Waals surface area contributed by atoms with Crippen LogP contribution in [0.4, 0.5) is 0 Å². The molecule has 0 aliphatic heterocycles. The Bertz CT molecular complexity index is 746. The number of H-pyrrole nitrogens is 1. The summed E-state index contributed by atoms with van der Waals surface area (Å²) in [6.45, 7) is 0. The second kappa shape index (κ2) is 4.23. The molecule has 0 spiro atoms. The van der Waals surface area contributed by atoms with E-state index in [2.05, 4.69) is 4.98 Å². The van der Waals surface area contributed by atoms with Gasteiger partial charge in [-0.2, -0.15) is 0 Å². The average molecular weight is 262 g/mol. The molecule has 0 atom stereocenters. The molecule has 0 fully saturated rings. The fourth-order valence-electron chi connectivity index (χ4n) is 1.65. The van der Waals surface area contributed by atoms with Gasteiger partial charge < -0.3 is 9.15 Å². The monoisotopic (exact) mass is 261 g/mol. The number of aromatic amines is 1. The zero-order valence-corrected chi connectivity index (χ0v) is 9.90. The van der Waals surface area contributed by atoms with Gasteiger partial charge in [0.25, 0.3) is 0 Å². The van der Waals surface area contributed by atoms with Crippen LogP contribution in [-0.2, 0) is 0 Å². The summed E-state index contributed by atoms with van der Waals surface area (Å²) in [6, 6.07) is 12.4. The normalized spacial score (nSPS) is 10.7. The quantitative estimate of drug-likeness (QED) is 0.767. The largest absolute Gasteiger partial charge is 0.456 e. The lowest BCUT2D eigenvalue weighted by Crippen LogP contribution is -1.92. The highest BCUT2D eigenvalue weighted by atomic mass is 35.5. The number of halogens is 1. The summed E-state index contributed by atoms with van der Waals surface area (Å²) in [5.74, 6) is 0.590. The maximum Gasteiger partial charge on any atom is 0.417 e. The number of oxazole rings is 1. The summed E-state index contributed by atoms with van der Waals surface area (Å²) in [5, 5.41) is 0.406. The highest BCUT2D eigenvalue weighted by molar-refractivity contribution is 6.32. The molecule has 3 aromatic rings. The third kappa shape index (κ3) is 1.98. The molecule has 1 aromatic heterocycles. The van der Waals surface area contributed by atoms with E-state index in [1.165, 1.54) is 0 Å². The Morgan fingerprint density at radius 1 is 1.17 bits per heavy atom. The van der Waals surface area contributed by atoms with Gasteiger partial charge in [-0.05, 0) is 18.2 Å². The van der Waals surface area contributed by atoms with Gasteiger partial charge in [-0.1, -0.05) is 29.8 Å². The Morgan fingerprint density at radius 2 is 1.94 bits per heavy atom. The lowest BCUT2D eigenvalue weighted by Gasteiger charge is -2.06. The van der Waals surface area contributed by atoms with Gasteiger partial charge in [-0.25, -0.2) is 4.79 Å². The predicted octanol–water partition coefficient (Wildman–Crippen LogP) is 3.57. The van der Waals surface area contributed by atoms with Gasteiger partial charge in [0.05, 0.1) is 10.5 Å². The van der Waals surface area contributed by atoms with E-state index in [4.69, 9.17) is 20.8 Å². The van der Waals surface area contributed by atoms with Gasteiger partial charge in [0.1, 0.15) is 11.5 Å². The van der Waals surface area contributed by atoms with Gasteiger partial charge in [-0.3, -0.25) is 4.98 Å². The average Bonchev–Trinajstić information content (AvgIpc) is 2.70. The van der Waals surface area contributed by atoms with Crippen molar-refractivity contribution in [1.82, 2.24) is 4.98 Å². The Hall–Kier alpha value is -2.20. The number of para-hydroxylation sites is 1. The molecule has 0 radical (unpaired) electrons. The van der Waals surface area contributed by atoms with Crippen LogP contribution in [-0.4, -0.2) is 4.98 Å². The number of nitrogens with one attached hydrogen (secondary N) is 1. The Labute approximate surface area is 107 Å². The maximum atomic E-state index is 11.1. The fraction of sp³-hybridized carbons (Fsp3) is 0. The Morgan fingerprint density at radius 3 is 2.72 bits per heavy atom. The molecule has 4 nitrogen and oxygen atoms in total. The molecule has 0 saturated carbocycles. The van der Waals surface area contributed by atoms with Crippen molar-refractivity contribution in [2.45, 2.75) is 0 Å². The van der Waals surface area contributed by atoms with Crippen molar-refractivity contribution in [2.24, 2.45) is 0 Å². The van der Waals surface area contributed by atoms with Gasteiger partial charge in [0, 0.05) is 6.07 Å². The van der Waals surface area contributed by atoms with Gasteiger partial charge in [0.15, 0.2) is 5.58 Å². The van der Waals surface area contributed by atoms with Crippen molar-refractivity contribution in [1.29, 1.82) is 0 Å². The van der Waals surface area contributed by atoms with E-state index in [1.807, 2.05) is 30.3 Å². The van der Waals surface area contributed by atoms with Crippen LogP contribution in [0.3, 0.4) is 0 Å². The Balaban J connectivity index is 2.06. The van der Waals surface area contributed by atoms with Gasteiger partial charge in [0.2, 0.25) is 0 Å². The molecule has 1 heterocycles. The van der Waals surface area contributed by atoms with Crippen LogP contribution < -0.4 is 10.5 Å². The van der Waals surface area contributed by atoms with E-state index in [0.717, 1.165) is 0 Å². The lowest BCUT2D eigenvalue weighted by atomic mass is 10.3. The minimum absolute atomic E-state index is 0.406. The highest BCUT2D eigenvalue weighted by Crippen LogP contribution is 2.32. The summed E-state index contributed by atoms with van der Waals surface area (Å²) in [7, 11) is 0. The first-order chi connectivity index (χ1) is 8.72. The summed E-state index contributed by atoms with van der Waals surface area (Å²) in [6.07, 6.45) is 0. The van der Waals surface area contributed by atoms with E-state index < -0.39 is 5.76 Å². The molecule has 3 rings (SSSR count). The molecular formula is C13H8ClNO3. The zero-order valence-electron chi connectivity index (χ0n) is 9.14. The topological polar surface area (TPSA) is 55.2 Å². The van der Waals surface area contributed by atoms with Crippen LogP contribution in [0.5, 0.6) is 11.5 Å². The van der Waals surface area contributed by atoms with Crippen molar-refractivity contribution in [3.05, 3.63) is 58.0 Å². The summed E-state index contributed by atoms with van der Waals surface area (Å²) < 4.78 is 10.6. The molecule has 18 heavy (non-hydrogen) atoms. The van der Waals surface area contributed by atoms with E-state index in [0.29, 0.717) is 27.6 Å².